The first-order valence-electron chi connectivity index (χ1n) is 16.2. The highest BCUT2D eigenvalue weighted by molar-refractivity contribution is 6.10. The first-order valence-corrected chi connectivity index (χ1v) is 16.2. The Bertz CT molecular complexity index is 2450. The van der Waals surface area contributed by atoms with Gasteiger partial charge in [-0.3, -0.25) is 0 Å². The summed E-state index contributed by atoms with van der Waals surface area (Å²) < 4.78 is 8.88. The van der Waals surface area contributed by atoms with Gasteiger partial charge in [-0.15, -0.1) is 0 Å². The molecule has 0 spiro atoms. The van der Waals surface area contributed by atoms with Crippen LogP contribution in [0.2, 0.25) is 0 Å². The van der Waals surface area contributed by atoms with E-state index in [4.69, 9.17) is 4.42 Å². The van der Waals surface area contributed by atoms with Crippen LogP contribution in [-0.2, 0) is 5.41 Å². The molecule has 0 bridgehead atoms. The number of hydrogen-bond donors (Lipinski definition) is 0. The number of hydrogen-bond acceptors (Lipinski definition) is 2. The van der Waals surface area contributed by atoms with Crippen molar-refractivity contribution < 1.29 is 4.42 Å². The van der Waals surface area contributed by atoms with Crippen molar-refractivity contribution in [1.29, 1.82) is 0 Å². The molecule has 0 fully saturated rings. The van der Waals surface area contributed by atoms with Crippen LogP contribution in [0.1, 0.15) is 30.4 Å². The van der Waals surface area contributed by atoms with Crippen LogP contribution in [0.15, 0.2) is 156 Å². The van der Waals surface area contributed by atoms with E-state index < -0.39 is 0 Å². The van der Waals surface area contributed by atoms with E-state index in [-0.39, 0.29) is 11.5 Å². The van der Waals surface area contributed by atoms with Crippen LogP contribution >= 0.6 is 0 Å². The molecular formula is C43H32N2O. The molecule has 220 valence electrons. The molecular weight excluding hydrogens is 560 g/mol. The number of rotatable bonds is 3. The van der Waals surface area contributed by atoms with Gasteiger partial charge in [-0.05, 0) is 65.7 Å². The normalized spacial score (nSPS) is 21.8. The Morgan fingerprint density at radius 1 is 0.674 bits per heavy atom. The molecule has 3 atom stereocenters. The highest BCUT2D eigenvalue weighted by Gasteiger charge is 2.37. The summed E-state index contributed by atoms with van der Waals surface area (Å²) in [6.07, 6.45) is 16.8. The van der Waals surface area contributed by atoms with E-state index in [1.54, 1.807) is 0 Å². The van der Waals surface area contributed by atoms with Gasteiger partial charge in [0.05, 0.1) is 17.1 Å². The fourth-order valence-electron chi connectivity index (χ4n) is 8.31. The van der Waals surface area contributed by atoms with E-state index in [9.17, 15) is 0 Å². The van der Waals surface area contributed by atoms with Crippen LogP contribution in [0.5, 0.6) is 0 Å². The summed E-state index contributed by atoms with van der Waals surface area (Å²) in [5.41, 5.74) is 10.7. The number of nitrogens with zero attached hydrogens (tertiary/aromatic N) is 2. The first kappa shape index (κ1) is 25.8. The van der Waals surface area contributed by atoms with Crippen LogP contribution < -0.4 is 4.90 Å². The third-order valence-corrected chi connectivity index (χ3v) is 10.5. The Labute approximate surface area is 267 Å². The molecule has 5 aromatic carbocycles. The van der Waals surface area contributed by atoms with E-state index in [1.807, 2.05) is 0 Å². The number of furan rings is 1. The van der Waals surface area contributed by atoms with Gasteiger partial charge >= 0.3 is 0 Å². The molecule has 0 radical (unpaired) electrons. The molecule has 1 aliphatic heterocycles. The maximum atomic E-state index is 6.42. The van der Waals surface area contributed by atoms with Crippen molar-refractivity contribution in [2.45, 2.75) is 30.7 Å². The Hall–Kier alpha value is -5.54. The van der Waals surface area contributed by atoms with Crippen molar-refractivity contribution in [3.05, 3.63) is 163 Å². The van der Waals surface area contributed by atoms with Gasteiger partial charge in [-0.1, -0.05) is 104 Å². The highest BCUT2D eigenvalue weighted by atomic mass is 16.3. The summed E-state index contributed by atoms with van der Waals surface area (Å²) in [5.74, 6) is 0.361. The first-order chi connectivity index (χ1) is 22.7. The van der Waals surface area contributed by atoms with Gasteiger partial charge in [0.25, 0.3) is 0 Å². The highest BCUT2D eigenvalue weighted by Crippen LogP contribution is 2.49. The van der Waals surface area contributed by atoms with Gasteiger partial charge in [-0.25, -0.2) is 0 Å². The molecule has 10 rings (SSSR count). The molecule has 0 amide bonds. The van der Waals surface area contributed by atoms with Crippen molar-refractivity contribution in [3.63, 3.8) is 0 Å². The smallest absolute Gasteiger partial charge is 0.135 e. The van der Waals surface area contributed by atoms with Crippen molar-refractivity contribution in [1.82, 2.24) is 4.57 Å². The van der Waals surface area contributed by atoms with Crippen LogP contribution in [0, 0.1) is 0 Å². The molecule has 0 N–H and O–H groups in total. The van der Waals surface area contributed by atoms with Crippen LogP contribution in [0.25, 0.3) is 49.4 Å². The predicted molar refractivity (Wildman–Crippen MR) is 192 cm³/mol. The zero-order valence-electron chi connectivity index (χ0n) is 25.6. The van der Waals surface area contributed by atoms with Crippen molar-refractivity contribution >= 4 is 60.8 Å². The third-order valence-electron chi connectivity index (χ3n) is 10.5. The molecule has 3 nitrogen and oxygen atoms in total. The number of para-hydroxylation sites is 3. The molecule has 0 saturated heterocycles. The van der Waals surface area contributed by atoms with Gasteiger partial charge in [0, 0.05) is 56.4 Å². The number of aromatic nitrogens is 1. The molecule has 3 aliphatic rings. The van der Waals surface area contributed by atoms with Gasteiger partial charge in [-0.2, -0.15) is 0 Å². The largest absolute Gasteiger partial charge is 0.456 e. The Kier molecular flexibility index (Phi) is 5.31. The molecule has 3 heteroatoms. The summed E-state index contributed by atoms with van der Waals surface area (Å²) in [6, 6.07) is 40.1. The maximum absolute atomic E-state index is 6.42. The summed E-state index contributed by atoms with van der Waals surface area (Å²) in [4.78, 5) is 2.50. The molecule has 0 saturated carbocycles. The van der Waals surface area contributed by atoms with Crippen molar-refractivity contribution in [2.75, 3.05) is 4.90 Å². The summed E-state index contributed by atoms with van der Waals surface area (Å²) in [7, 11) is 0. The Morgan fingerprint density at radius 2 is 1.37 bits per heavy atom. The third kappa shape index (κ3) is 3.60. The van der Waals surface area contributed by atoms with Gasteiger partial charge in [0.1, 0.15) is 11.2 Å². The summed E-state index contributed by atoms with van der Waals surface area (Å²) in [5, 5.41) is 4.92. The molecule has 3 unspecified atom stereocenters. The summed E-state index contributed by atoms with van der Waals surface area (Å²) >= 11 is 0. The second kappa shape index (κ2) is 9.48. The lowest BCUT2D eigenvalue weighted by Gasteiger charge is -2.31. The molecule has 2 aliphatic carbocycles. The van der Waals surface area contributed by atoms with Crippen LogP contribution in [-0.4, -0.2) is 10.6 Å². The fraction of sp³-hybridized carbons (Fsp3) is 0.116. The molecule has 7 aromatic rings. The lowest BCUT2D eigenvalue weighted by Crippen LogP contribution is -2.28. The van der Waals surface area contributed by atoms with Crippen molar-refractivity contribution in [3.8, 4) is 0 Å². The topological polar surface area (TPSA) is 21.3 Å². The van der Waals surface area contributed by atoms with E-state index in [0.717, 1.165) is 23.0 Å². The Morgan fingerprint density at radius 3 is 2.20 bits per heavy atom. The summed E-state index contributed by atoms with van der Waals surface area (Å²) in [6.45, 7) is 2.36. The number of allylic oxidation sites excluding steroid dienone is 6. The number of benzene rings is 5. The van der Waals surface area contributed by atoms with E-state index in [1.165, 1.54) is 55.4 Å². The number of fused-ring (bicyclic) bond motifs is 9. The van der Waals surface area contributed by atoms with Crippen molar-refractivity contribution in [2.24, 2.45) is 0 Å². The van der Waals surface area contributed by atoms with E-state index in [0.29, 0.717) is 5.92 Å². The van der Waals surface area contributed by atoms with Gasteiger partial charge in [0.15, 0.2) is 0 Å². The molecule has 3 heterocycles. The predicted octanol–water partition coefficient (Wildman–Crippen LogP) is 11.2. The standard InChI is InChI=1S/C43H32N2O/c1-43(24-10-11-30(27-43)45-39-18-8-4-14-33(39)34-15-5-9-19-40(34)45)28-20-22-41-35(25-28)36-26-29(21-23-42(36)46-41)44-37-16-6-2-12-31(37)32-13-3-7-17-38(32)44/h2-26,31,37H,27H2,1H3. The van der Waals surface area contributed by atoms with Crippen LogP contribution in [0.3, 0.4) is 0 Å². The average Bonchev–Trinajstić information content (AvgIpc) is 3.75. The lowest BCUT2D eigenvalue weighted by atomic mass is 9.75. The number of anilines is 2. The molecule has 46 heavy (non-hydrogen) atoms. The quantitative estimate of drug-likeness (QED) is 0.204. The Balaban J connectivity index is 1.07. The lowest BCUT2D eigenvalue weighted by molar-refractivity contribution is 0.599. The fourth-order valence-corrected chi connectivity index (χ4v) is 8.31. The molecule has 2 aromatic heterocycles. The maximum Gasteiger partial charge on any atom is 0.135 e. The average molecular weight is 593 g/mol. The van der Waals surface area contributed by atoms with Crippen LogP contribution in [0.4, 0.5) is 11.4 Å². The minimum absolute atomic E-state index is 0.174. The minimum atomic E-state index is -0.174. The minimum Gasteiger partial charge on any atom is -0.456 e. The zero-order chi connectivity index (χ0) is 30.4. The van der Waals surface area contributed by atoms with Gasteiger partial charge in [0.2, 0.25) is 0 Å². The monoisotopic (exact) mass is 592 g/mol. The van der Waals surface area contributed by atoms with Gasteiger partial charge < -0.3 is 13.9 Å². The van der Waals surface area contributed by atoms with E-state index in [2.05, 4.69) is 168 Å². The second-order valence-electron chi connectivity index (χ2n) is 13.2. The SMILES string of the molecule is CC1(c2ccc3oc4ccc(N5c6ccccc6C6C=CC=CC65)cc4c3c2)C=CC=C(n2c3ccccc3c3ccccc32)C1. The van der Waals surface area contributed by atoms with E-state index >= 15 is 0 Å². The zero-order valence-corrected chi connectivity index (χ0v) is 25.6. The second-order valence-corrected chi connectivity index (χ2v) is 13.2.